The summed E-state index contributed by atoms with van der Waals surface area (Å²) in [6.45, 7) is 1.59. The molecule has 0 aliphatic heterocycles. The standard InChI is InChI=1S/C11H15FN2O2S/c1-7-10(13)5-4-9(12)11(7)14-17(15,16)6-8-2-3-8/h4-5,8,14H,2-3,6,13H2,1H3. The average molecular weight is 258 g/mol. The van der Waals surface area contributed by atoms with Gasteiger partial charge in [0.1, 0.15) is 5.82 Å². The molecule has 6 heteroatoms. The lowest BCUT2D eigenvalue weighted by molar-refractivity contribution is 0.595. The van der Waals surface area contributed by atoms with Gasteiger partial charge in [-0.25, -0.2) is 12.8 Å². The molecular weight excluding hydrogens is 243 g/mol. The number of nitrogens with two attached hydrogens (primary N) is 1. The molecular formula is C11H15FN2O2S. The van der Waals surface area contributed by atoms with Gasteiger partial charge in [0.2, 0.25) is 10.0 Å². The lowest BCUT2D eigenvalue weighted by atomic mass is 10.1. The van der Waals surface area contributed by atoms with Gasteiger partial charge in [-0.2, -0.15) is 0 Å². The minimum atomic E-state index is -3.48. The number of anilines is 2. The van der Waals surface area contributed by atoms with Crippen molar-refractivity contribution in [1.29, 1.82) is 0 Å². The van der Waals surface area contributed by atoms with Gasteiger partial charge >= 0.3 is 0 Å². The number of rotatable bonds is 4. The van der Waals surface area contributed by atoms with E-state index >= 15 is 0 Å². The second-order valence-corrected chi connectivity index (χ2v) is 6.23. The Labute approximate surface area is 100 Å². The highest BCUT2D eigenvalue weighted by molar-refractivity contribution is 7.92. The van der Waals surface area contributed by atoms with E-state index in [1.54, 1.807) is 6.92 Å². The lowest BCUT2D eigenvalue weighted by Crippen LogP contribution is -2.19. The summed E-state index contributed by atoms with van der Waals surface area (Å²) >= 11 is 0. The zero-order valence-corrected chi connectivity index (χ0v) is 10.3. The van der Waals surface area contributed by atoms with E-state index in [9.17, 15) is 12.8 Å². The molecule has 1 aliphatic rings. The summed E-state index contributed by atoms with van der Waals surface area (Å²) in [5.74, 6) is -0.325. The van der Waals surface area contributed by atoms with Crippen LogP contribution in [-0.2, 0) is 10.0 Å². The predicted octanol–water partition coefficient (Wildman–Crippen LogP) is 1.87. The quantitative estimate of drug-likeness (QED) is 0.810. The fraction of sp³-hybridized carbons (Fsp3) is 0.455. The van der Waals surface area contributed by atoms with Crippen molar-refractivity contribution in [1.82, 2.24) is 0 Å². The van der Waals surface area contributed by atoms with Crippen molar-refractivity contribution in [2.24, 2.45) is 5.92 Å². The molecule has 4 nitrogen and oxygen atoms in total. The number of nitrogen functional groups attached to an aromatic ring is 1. The Morgan fingerprint density at radius 3 is 2.71 bits per heavy atom. The van der Waals surface area contributed by atoms with E-state index in [4.69, 9.17) is 5.73 Å². The first-order chi connectivity index (χ1) is 7.89. The third kappa shape index (κ3) is 2.88. The van der Waals surface area contributed by atoms with Gasteiger partial charge in [0, 0.05) is 5.69 Å². The molecule has 0 bridgehead atoms. The van der Waals surface area contributed by atoms with E-state index < -0.39 is 15.8 Å². The normalized spacial score (nSPS) is 15.9. The fourth-order valence-corrected chi connectivity index (χ4v) is 3.21. The Hall–Kier alpha value is -1.30. The molecule has 0 amide bonds. The Balaban J connectivity index is 2.25. The van der Waals surface area contributed by atoms with Gasteiger partial charge in [-0.05, 0) is 43.4 Å². The van der Waals surface area contributed by atoms with Crippen molar-refractivity contribution in [3.63, 3.8) is 0 Å². The summed E-state index contributed by atoms with van der Waals surface area (Å²) in [6, 6.07) is 2.58. The fourth-order valence-electron chi connectivity index (χ4n) is 1.61. The van der Waals surface area contributed by atoms with E-state index in [1.807, 2.05) is 0 Å². The van der Waals surface area contributed by atoms with E-state index in [0.717, 1.165) is 18.9 Å². The summed E-state index contributed by atoms with van der Waals surface area (Å²) in [6.07, 6.45) is 1.86. The van der Waals surface area contributed by atoms with Crippen molar-refractivity contribution in [3.8, 4) is 0 Å². The van der Waals surface area contributed by atoms with Gasteiger partial charge in [0.25, 0.3) is 0 Å². The lowest BCUT2D eigenvalue weighted by Gasteiger charge is -2.12. The Morgan fingerprint density at radius 1 is 1.47 bits per heavy atom. The largest absolute Gasteiger partial charge is 0.398 e. The highest BCUT2D eigenvalue weighted by Gasteiger charge is 2.28. The first-order valence-corrected chi connectivity index (χ1v) is 7.09. The van der Waals surface area contributed by atoms with E-state index in [1.165, 1.54) is 6.07 Å². The zero-order chi connectivity index (χ0) is 12.6. The van der Waals surface area contributed by atoms with Gasteiger partial charge < -0.3 is 5.73 Å². The maximum Gasteiger partial charge on any atom is 0.233 e. The van der Waals surface area contributed by atoms with Crippen LogP contribution in [0.25, 0.3) is 0 Å². The summed E-state index contributed by atoms with van der Waals surface area (Å²) < 4.78 is 39.3. The summed E-state index contributed by atoms with van der Waals surface area (Å²) in [4.78, 5) is 0. The third-order valence-electron chi connectivity index (χ3n) is 2.87. The molecule has 3 N–H and O–H groups in total. The van der Waals surface area contributed by atoms with Crippen LogP contribution in [0.3, 0.4) is 0 Å². The maximum absolute atomic E-state index is 13.5. The van der Waals surface area contributed by atoms with Crippen LogP contribution in [0, 0.1) is 18.7 Å². The number of sulfonamides is 1. The molecule has 17 heavy (non-hydrogen) atoms. The minimum Gasteiger partial charge on any atom is -0.398 e. The topological polar surface area (TPSA) is 72.2 Å². The molecule has 94 valence electrons. The number of hydrogen-bond acceptors (Lipinski definition) is 3. The third-order valence-corrected chi connectivity index (χ3v) is 4.29. The average Bonchev–Trinajstić information content (AvgIpc) is 3.02. The number of hydrogen-bond donors (Lipinski definition) is 2. The van der Waals surface area contributed by atoms with Crippen LogP contribution in [0.5, 0.6) is 0 Å². The van der Waals surface area contributed by atoms with Crippen LogP contribution >= 0.6 is 0 Å². The van der Waals surface area contributed by atoms with Crippen LogP contribution in [0.15, 0.2) is 12.1 Å². The summed E-state index contributed by atoms with van der Waals surface area (Å²) in [5.41, 5.74) is 6.38. The SMILES string of the molecule is Cc1c(N)ccc(F)c1NS(=O)(=O)CC1CC1. The van der Waals surface area contributed by atoms with Crippen LogP contribution < -0.4 is 10.5 Å². The Morgan fingerprint density at radius 2 is 2.12 bits per heavy atom. The van der Waals surface area contributed by atoms with Crippen molar-refractivity contribution in [3.05, 3.63) is 23.5 Å². The smallest absolute Gasteiger partial charge is 0.233 e. The van der Waals surface area contributed by atoms with E-state index in [0.29, 0.717) is 11.3 Å². The number of benzene rings is 1. The second-order valence-electron chi connectivity index (χ2n) is 4.46. The first kappa shape index (κ1) is 12.2. The van der Waals surface area contributed by atoms with E-state index in [2.05, 4.69) is 4.72 Å². The monoisotopic (exact) mass is 258 g/mol. The van der Waals surface area contributed by atoms with Gasteiger partial charge in [-0.1, -0.05) is 0 Å². The molecule has 0 unspecified atom stereocenters. The molecule has 2 rings (SSSR count). The van der Waals surface area contributed by atoms with Crippen LogP contribution in [0.1, 0.15) is 18.4 Å². The molecule has 0 heterocycles. The second kappa shape index (κ2) is 4.18. The maximum atomic E-state index is 13.5. The number of halogens is 1. The van der Waals surface area contributed by atoms with Crippen LogP contribution in [-0.4, -0.2) is 14.2 Å². The zero-order valence-electron chi connectivity index (χ0n) is 9.53. The van der Waals surface area contributed by atoms with Crippen LogP contribution in [0.2, 0.25) is 0 Å². The molecule has 1 aromatic rings. The molecule has 0 atom stereocenters. The van der Waals surface area contributed by atoms with Gasteiger partial charge in [-0.3, -0.25) is 4.72 Å². The van der Waals surface area contributed by atoms with E-state index in [-0.39, 0.29) is 17.4 Å². The van der Waals surface area contributed by atoms with Gasteiger partial charge in [-0.15, -0.1) is 0 Å². The first-order valence-electron chi connectivity index (χ1n) is 5.44. The molecule has 1 saturated carbocycles. The highest BCUT2D eigenvalue weighted by atomic mass is 32.2. The van der Waals surface area contributed by atoms with Crippen LogP contribution in [0.4, 0.5) is 15.8 Å². The van der Waals surface area contributed by atoms with Crippen molar-refractivity contribution in [2.75, 3.05) is 16.2 Å². The van der Waals surface area contributed by atoms with Crippen molar-refractivity contribution in [2.45, 2.75) is 19.8 Å². The molecule has 0 spiro atoms. The highest BCUT2D eigenvalue weighted by Crippen LogP contribution is 2.32. The number of nitrogens with one attached hydrogen (secondary N) is 1. The van der Waals surface area contributed by atoms with Crippen molar-refractivity contribution >= 4 is 21.4 Å². The van der Waals surface area contributed by atoms with Gasteiger partial charge in [0.15, 0.2) is 0 Å². The molecule has 0 saturated heterocycles. The van der Waals surface area contributed by atoms with Crippen molar-refractivity contribution < 1.29 is 12.8 Å². The predicted molar refractivity (Wildman–Crippen MR) is 65.7 cm³/mol. The Bertz CT molecular complexity index is 539. The molecule has 1 aliphatic carbocycles. The van der Waals surface area contributed by atoms with Gasteiger partial charge in [0.05, 0.1) is 11.4 Å². The Kier molecular flexibility index (Phi) is 2.99. The molecule has 1 aromatic carbocycles. The molecule has 0 aromatic heterocycles. The minimum absolute atomic E-state index is 0.0364. The molecule has 1 fully saturated rings. The molecule has 0 radical (unpaired) electrons. The summed E-state index contributed by atoms with van der Waals surface area (Å²) in [5, 5.41) is 0. The summed E-state index contributed by atoms with van der Waals surface area (Å²) in [7, 11) is -3.48.